The predicted molar refractivity (Wildman–Crippen MR) is 134 cm³/mol. The molecule has 0 fully saturated rings. The summed E-state index contributed by atoms with van der Waals surface area (Å²) < 4.78 is 35.4. The fourth-order valence-electron chi connectivity index (χ4n) is 3.66. The fraction of sp³-hybridized carbons (Fsp3) is 0.320. The number of para-hydroxylation sites is 1. The molecule has 0 aliphatic rings. The van der Waals surface area contributed by atoms with Gasteiger partial charge in [-0.25, -0.2) is 14.5 Å². The molecule has 202 valence electrons. The molecular weight excluding hydrogens is 503 g/mol. The number of benzene rings is 1. The van der Waals surface area contributed by atoms with Crippen molar-refractivity contribution in [2.45, 2.75) is 26.4 Å². The zero-order valence-corrected chi connectivity index (χ0v) is 20.9. The second-order valence-corrected chi connectivity index (χ2v) is 8.02. The van der Waals surface area contributed by atoms with E-state index in [0.717, 1.165) is 37.4 Å². The number of amides is 1. The van der Waals surface area contributed by atoms with Crippen LogP contribution in [0.15, 0.2) is 61.2 Å². The Bertz CT molecular complexity index is 1350. The molecule has 0 aliphatic heterocycles. The number of carbonyl (C=O) groups excluding carboxylic acids is 1. The highest BCUT2D eigenvalue weighted by molar-refractivity contribution is 5.99. The van der Waals surface area contributed by atoms with Gasteiger partial charge < -0.3 is 15.3 Å². The minimum absolute atomic E-state index is 0.193. The minimum Gasteiger partial charge on any atom is -0.475 e. The highest BCUT2D eigenvalue weighted by atomic mass is 19.4. The first-order valence-electron chi connectivity index (χ1n) is 11.9. The summed E-state index contributed by atoms with van der Waals surface area (Å²) >= 11 is 0. The number of aromatic nitrogens is 5. The Morgan fingerprint density at radius 2 is 1.76 bits per heavy atom. The summed E-state index contributed by atoms with van der Waals surface area (Å²) in [5, 5.41) is 14.6. The Morgan fingerprint density at radius 1 is 1.08 bits per heavy atom. The number of hydrogen-bond acceptors (Lipinski definition) is 6. The van der Waals surface area contributed by atoms with Gasteiger partial charge in [-0.1, -0.05) is 32.0 Å². The number of hydrogen-bond donors (Lipinski definition) is 2. The molecule has 10 nitrogen and oxygen atoms in total. The summed E-state index contributed by atoms with van der Waals surface area (Å²) in [6.07, 6.45) is 2.72. The molecule has 0 bridgehead atoms. The number of rotatable bonds is 9. The van der Waals surface area contributed by atoms with Gasteiger partial charge in [0.1, 0.15) is 5.69 Å². The third kappa shape index (κ3) is 6.94. The zero-order chi connectivity index (χ0) is 27.7. The lowest BCUT2D eigenvalue weighted by Crippen LogP contribution is -2.30. The molecule has 0 spiro atoms. The van der Waals surface area contributed by atoms with Crippen LogP contribution in [0.3, 0.4) is 0 Å². The van der Waals surface area contributed by atoms with Gasteiger partial charge in [0.25, 0.3) is 5.91 Å². The first-order valence-corrected chi connectivity index (χ1v) is 11.9. The topological polar surface area (TPSA) is 118 Å². The highest BCUT2D eigenvalue weighted by Gasteiger charge is 2.38. The number of carboxylic acids is 1. The van der Waals surface area contributed by atoms with Crippen LogP contribution in [0.5, 0.6) is 0 Å². The zero-order valence-electron chi connectivity index (χ0n) is 20.9. The standard InChI is InChI=1S/C23H27N7O.C2HF3O2/c1-3-28(4-2)15-8-12-25-23(31)21-20-17-24-14-16-29(20)22(27-21)19-11-13-26-30(19)18-9-6-5-7-10-18;3-2(4,5)1(6)7/h5-7,9-11,13-14,16-17H,3-4,8,12,15H2,1-2H3,(H,25,31);(H,6,7). The predicted octanol–water partition coefficient (Wildman–Crippen LogP) is 3.68. The third-order valence-corrected chi connectivity index (χ3v) is 5.61. The number of aliphatic carboxylic acids is 1. The molecule has 0 atom stereocenters. The van der Waals surface area contributed by atoms with E-state index in [4.69, 9.17) is 14.9 Å². The molecule has 1 amide bonds. The van der Waals surface area contributed by atoms with Crippen molar-refractivity contribution in [1.29, 1.82) is 0 Å². The Balaban J connectivity index is 0.000000505. The number of fused-ring (bicyclic) bond motifs is 1. The van der Waals surface area contributed by atoms with Crippen LogP contribution in [0.2, 0.25) is 0 Å². The number of alkyl halides is 3. The molecule has 0 saturated carbocycles. The van der Waals surface area contributed by atoms with Crippen LogP contribution in [0.25, 0.3) is 22.7 Å². The fourth-order valence-corrected chi connectivity index (χ4v) is 3.66. The van der Waals surface area contributed by atoms with Crippen molar-refractivity contribution in [2.75, 3.05) is 26.2 Å². The molecule has 3 aromatic heterocycles. The third-order valence-electron chi connectivity index (χ3n) is 5.61. The summed E-state index contributed by atoms with van der Waals surface area (Å²) in [4.78, 5) is 33.1. The van der Waals surface area contributed by atoms with Crippen LogP contribution in [0.4, 0.5) is 13.2 Å². The largest absolute Gasteiger partial charge is 0.490 e. The highest BCUT2D eigenvalue weighted by Crippen LogP contribution is 2.24. The van der Waals surface area contributed by atoms with Gasteiger partial charge in [0.15, 0.2) is 11.5 Å². The van der Waals surface area contributed by atoms with E-state index in [1.807, 2.05) is 51.7 Å². The van der Waals surface area contributed by atoms with E-state index in [1.165, 1.54) is 0 Å². The van der Waals surface area contributed by atoms with Crippen molar-refractivity contribution in [3.8, 4) is 17.2 Å². The van der Waals surface area contributed by atoms with Gasteiger partial charge >= 0.3 is 12.1 Å². The van der Waals surface area contributed by atoms with Crippen LogP contribution >= 0.6 is 0 Å². The molecule has 0 radical (unpaired) electrons. The molecule has 2 N–H and O–H groups in total. The minimum atomic E-state index is -5.08. The van der Waals surface area contributed by atoms with Gasteiger partial charge in [0.2, 0.25) is 0 Å². The Kier molecular flexibility index (Phi) is 9.55. The van der Waals surface area contributed by atoms with Crippen LogP contribution in [0, 0.1) is 0 Å². The van der Waals surface area contributed by atoms with Crippen LogP contribution in [-0.2, 0) is 4.79 Å². The normalized spacial score (nSPS) is 11.3. The van der Waals surface area contributed by atoms with Crippen molar-refractivity contribution >= 4 is 17.4 Å². The van der Waals surface area contributed by atoms with Gasteiger partial charge in [0, 0.05) is 18.9 Å². The van der Waals surface area contributed by atoms with E-state index < -0.39 is 12.1 Å². The Morgan fingerprint density at radius 3 is 2.39 bits per heavy atom. The Labute approximate surface area is 216 Å². The number of imidazole rings is 1. The van der Waals surface area contributed by atoms with E-state index in [9.17, 15) is 18.0 Å². The van der Waals surface area contributed by atoms with E-state index >= 15 is 0 Å². The van der Waals surface area contributed by atoms with Crippen molar-refractivity contribution in [1.82, 2.24) is 34.4 Å². The molecule has 1 aromatic carbocycles. The summed E-state index contributed by atoms with van der Waals surface area (Å²) in [6.45, 7) is 7.88. The molecular formula is C25H28F3N7O3. The number of nitrogens with zero attached hydrogens (tertiary/aromatic N) is 6. The van der Waals surface area contributed by atoms with Crippen molar-refractivity contribution in [3.63, 3.8) is 0 Å². The van der Waals surface area contributed by atoms with Crippen LogP contribution in [-0.4, -0.2) is 78.4 Å². The Hall–Kier alpha value is -4.26. The summed E-state index contributed by atoms with van der Waals surface area (Å²) in [7, 11) is 0. The smallest absolute Gasteiger partial charge is 0.475 e. The van der Waals surface area contributed by atoms with Crippen LogP contribution < -0.4 is 5.32 Å². The molecule has 4 rings (SSSR count). The lowest BCUT2D eigenvalue weighted by Gasteiger charge is -2.17. The monoisotopic (exact) mass is 531 g/mol. The maximum absolute atomic E-state index is 12.9. The van der Waals surface area contributed by atoms with E-state index in [1.54, 1.807) is 18.6 Å². The van der Waals surface area contributed by atoms with Crippen molar-refractivity contribution in [3.05, 3.63) is 66.9 Å². The number of halogens is 3. The lowest BCUT2D eigenvalue weighted by atomic mass is 10.3. The average Bonchev–Trinajstić information content (AvgIpc) is 3.54. The number of carbonyl (C=O) groups is 2. The molecule has 38 heavy (non-hydrogen) atoms. The van der Waals surface area contributed by atoms with E-state index in [0.29, 0.717) is 23.6 Å². The second kappa shape index (κ2) is 12.8. The summed E-state index contributed by atoms with van der Waals surface area (Å²) in [5.74, 6) is -2.30. The SMILES string of the molecule is CCN(CC)CCCNC(=O)c1nc(-c2ccnn2-c2ccccc2)n2ccncc12.O=C(O)C(F)(F)F. The molecule has 0 aliphatic carbocycles. The average molecular weight is 532 g/mol. The van der Waals surface area contributed by atoms with Crippen LogP contribution in [0.1, 0.15) is 30.8 Å². The maximum Gasteiger partial charge on any atom is 0.490 e. The maximum atomic E-state index is 12.9. The van der Waals surface area contributed by atoms with Gasteiger partial charge in [-0.05, 0) is 44.3 Å². The lowest BCUT2D eigenvalue weighted by molar-refractivity contribution is -0.192. The molecule has 4 aromatic rings. The molecule has 0 unspecified atom stereocenters. The summed E-state index contributed by atoms with van der Waals surface area (Å²) in [6, 6.07) is 11.8. The quantitative estimate of drug-likeness (QED) is 0.317. The second-order valence-electron chi connectivity index (χ2n) is 8.02. The molecule has 13 heteroatoms. The van der Waals surface area contributed by atoms with Gasteiger partial charge in [-0.3, -0.25) is 14.2 Å². The van der Waals surface area contributed by atoms with E-state index in [2.05, 4.69) is 34.1 Å². The van der Waals surface area contributed by atoms with Gasteiger partial charge in [-0.2, -0.15) is 18.3 Å². The van der Waals surface area contributed by atoms with E-state index in [-0.39, 0.29) is 5.91 Å². The first kappa shape index (κ1) is 28.3. The van der Waals surface area contributed by atoms with Crippen molar-refractivity contribution in [2.24, 2.45) is 0 Å². The van der Waals surface area contributed by atoms with Gasteiger partial charge in [0.05, 0.1) is 23.6 Å². The summed E-state index contributed by atoms with van der Waals surface area (Å²) in [5.41, 5.74) is 2.76. The number of carboxylic acid groups (broad SMARTS) is 1. The van der Waals surface area contributed by atoms with Gasteiger partial charge in [-0.15, -0.1) is 0 Å². The van der Waals surface area contributed by atoms with Crippen molar-refractivity contribution < 1.29 is 27.9 Å². The molecule has 0 saturated heterocycles. The first-order chi connectivity index (χ1) is 18.2. The molecule has 3 heterocycles. The number of nitrogens with one attached hydrogen (secondary N) is 1.